The van der Waals surface area contributed by atoms with E-state index in [2.05, 4.69) is 10.6 Å². The van der Waals surface area contributed by atoms with Gasteiger partial charge in [0.1, 0.15) is 0 Å². The van der Waals surface area contributed by atoms with E-state index in [0.717, 1.165) is 26.1 Å². The third kappa shape index (κ3) is 1.48. The van der Waals surface area contributed by atoms with Crippen LogP contribution in [-0.2, 0) is 4.74 Å². The van der Waals surface area contributed by atoms with Crippen molar-refractivity contribution in [3.8, 4) is 0 Å². The van der Waals surface area contributed by atoms with E-state index in [-0.39, 0.29) is 5.60 Å². The molecule has 0 spiro atoms. The first kappa shape index (κ1) is 7.98. The highest BCUT2D eigenvalue weighted by atomic mass is 16.5. The third-order valence-electron chi connectivity index (χ3n) is 2.14. The van der Waals surface area contributed by atoms with Gasteiger partial charge in [-0.3, -0.25) is 0 Å². The van der Waals surface area contributed by atoms with E-state index in [1.165, 1.54) is 0 Å². The maximum Gasteiger partial charge on any atom is 0.0937 e. The van der Waals surface area contributed by atoms with Crippen LogP contribution in [0, 0.1) is 0 Å². The molecule has 0 aromatic rings. The molecule has 0 aromatic heterocycles. The maximum atomic E-state index is 5.41. The van der Waals surface area contributed by atoms with Crippen molar-refractivity contribution in [3.05, 3.63) is 0 Å². The molecule has 0 amide bonds. The normalized spacial score (nSPS) is 33.0. The quantitative estimate of drug-likeness (QED) is 0.564. The fourth-order valence-corrected chi connectivity index (χ4v) is 1.44. The van der Waals surface area contributed by atoms with E-state index < -0.39 is 0 Å². The molecular formula is C7H16N2O. The first-order valence-corrected chi connectivity index (χ1v) is 3.73. The van der Waals surface area contributed by atoms with Gasteiger partial charge in [0, 0.05) is 20.2 Å². The summed E-state index contributed by atoms with van der Waals surface area (Å²) in [5, 5.41) is 6.42. The molecule has 3 nitrogen and oxygen atoms in total. The predicted octanol–water partition coefficient (Wildman–Crippen LogP) is -0.416. The SMILES string of the molecule is CNCC1(OC)CCNC1. The average Bonchev–Trinajstić information content (AvgIpc) is 2.39. The standard InChI is InChI=1S/C7H16N2O/c1-8-5-7(10-2)3-4-9-6-7/h8-9H,3-6H2,1-2H3. The van der Waals surface area contributed by atoms with E-state index in [1.54, 1.807) is 7.11 Å². The van der Waals surface area contributed by atoms with Gasteiger partial charge in [0.2, 0.25) is 0 Å². The van der Waals surface area contributed by atoms with E-state index >= 15 is 0 Å². The lowest BCUT2D eigenvalue weighted by Gasteiger charge is -2.25. The van der Waals surface area contributed by atoms with Gasteiger partial charge < -0.3 is 15.4 Å². The Balaban J connectivity index is 2.41. The van der Waals surface area contributed by atoms with E-state index in [9.17, 15) is 0 Å². The fourth-order valence-electron chi connectivity index (χ4n) is 1.44. The van der Waals surface area contributed by atoms with Gasteiger partial charge in [0.05, 0.1) is 5.60 Å². The topological polar surface area (TPSA) is 33.3 Å². The third-order valence-corrected chi connectivity index (χ3v) is 2.14. The fraction of sp³-hybridized carbons (Fsp3) is 1.00. The van der Waals surface area contributed by atoms with Gasteiger partial charge in [-0.05, 0) is 20.0 Å². The Morgan fingerprint density at radius 1 is 1.70 bits per heavy atom. The van der Waals surface area contributed by atoms with Crippen molar-refractivity contribution >= 4 is 0 Å². The van der Waals surface area contributed by atoms with Gasteiger partial charge in [-0.2, -0.15) is 0 Å². The minimum atomic E-state index is 0.0642. The number of hydrogen-bond donors (Lipinski definition) is 2. The number of likely N-dealkylation sites (N-methyl/N-ethyl adjacent to an activating group) is 1. The van der Waals surface area contributed by atoms with Crippen molar-refractivity contribution in [3.63, 3.8) is 0 Å². The highest BCUT2D eigenvalue weighted by molar-refractivity contribution is 4.90. The van der Waals surface area contributed by atoms with Crippen LogP contribution in [0.5, 0.6) is 0 Å². The molecule has 0 saturated carbocycles. The highest BCUT2D eigenvalue weighted by Gasteiger charge is 2.32. The first-order valence-electron chi connectivity index (χ1n) is 3.73. The molecule has 1 heterocycles. The zero-order chi connectivity index (χ0) is 7.45. The van der Waals surface area contributed by atoms with Crippen LogP contribution in [0.4, 0.5) is 0 Å². The summed E-state index contributed by atoms with van der Waals surface area (Å²) < 4.78 is 5.41. The molecule has 0 aromatic carbocycles. The van der Waals surface area contributed by atoms with Gasteiger partial charge in [-0.25, -0.2) is 0 Å². The summed E-state index contributed by atoms with van der Waals surface area (Å²) in [6.45, 7) is 3.00. The average molecular weight is 144 g/mol. The monoisotopic (exact) mass is 144 g/mol. The van der Waals surface area contributed by atoms with Crippen molar-refractivity contribution in [2.24, 2.45) is 0 Å². The van der Waals surface area contributed by atoms with Gasteiger partial charge in [0.15, 0.2) is 0 Å². The maximum absolute atomic E-state index is 5.41. The summed E-state index contributed by atoms with van der Waals surface area (Å²) in [5.41, 5.74) is 0.0642. The van der Waals surface area contributed by atoms with Crippen molar-refractivity contribution in [1.82, 2.24) is 10.6 Å². The van der Waals surface area contributed by atoms with E-state index in [4.69, 9.17) is 4.74 Å². The molecule has 1 fully saturated rings. The lowest BCUT2D eigenvalue weighted by atomic mass is 10.0. The largest absolute Gasteiger partial charge is 0.376 e. The summed E-state index contributed by atoms with van der Waals surface area (Å²) in [4.78, 5) is 0. The summed E-state index contributed by atoms with van der Waals surface area (Å²) in [5.74, 6) is 0. The van der Waals surface area contributed by atoms with E-state index in [0.29, 0.717) is 0 Å². The number of ether oxygens (including phenoxy) is 1. The van der Waals surface area contributed by atoms with Crippen molar-refractivity contribution in [1.29, 1.82) is 0 Å². The summed E-state index contributed by atoms with van der Waals surface area (Å²) in [6.07, 6.45) is 1.12. The van der Waals surface area contributed by atoms with Crippen LogP contribution in [0.1, 0.15) is 6.42 Å². The van der Waals surface area contributed by atoms with Crippen LogP contribution in [0.3, 0.4) is 0 Å². The Morgan fingerprint density at radius 3 is 2.90 bits per heavy atom. The molecule has 0 aliphatic carbocycles. The Bertz CT molecular complexity index is 99.8. The molecule has 10 heavy (non-hydrogen) atoms. The van der Waals surface area contributed by atoms with Crippen LogP contribution in [-0.4, -0.2) is 39.4 Å². The summed E-state index contributed by atoms with van der Waals surface area (Å²) in [6, 6.07) is 0. The number of rotatable bonds is 3. The second-order valence-electron chi connectivity index (χ2n) is 2.84. The van der Waals surface area contributed by atoms with Crippen LogP contribution in [0.2, 0.25) is 0 Å². The minimum absolute atomic E-state index is 0.0642. The molecular weight excluding hydrogens is 128 g/mol. The van der Waals surface area contributed by atoms with Gasteiger partial charge in [-0.15, -0.1) is 0 Å². The van der Waals surface area contributed by atoms with Gasteiger partial charge >= 0.3 is 0 Å². The van der Waals surface area contributed by atoms with Crippen molar-refractivity contribution < 1.29 is 4.74 Å². The van der Waals surface area contributed by atoms with Crippen LogP contribution in [0.15, 0.2) is 0 Å². The molecule has 0 radical (unpaired) electrons. The number of hydrogen-bond acceptors (Lipinski definition) is 3. The zero-order valence-electron chi connectivity index (χ0n) is 6.74. The second kappa shape index (κ2) is 3.32. The number of nitrogens with one attached hydrogen (secondary N) is 2. The predicted molar refractivity (Wildman–Crippen MR) is 41.2 cm³/mol. The van der Waals surface area contributed by atoms with Crippen molar-refractivity contribution in [2.45, 2.75) is 12.0 Å². The molecule has 0 bridgehead atoms. The number of methoxy groups -OCH3 is 1. The Labute approximate surface area is 62.1 Å². The molecule has 1 aliphatic rings. The molecule has 1 unspecified atom stereocenters. The molecule has 3 heteroatoms. The van der Waals surface area contributed by atoms with E-state index in [1.807, 2.05) is 7.05 Å². The van der Waals surface area contributed by atoms with Gasteiger partial charge in [-0.1, -0.05) is 0 Å². The molecule has 1 atom stereocenters. The Morgan fingerprint density at radius 2 is 2.50 bits per heavy atom. The molecule has 60 valence electrons. The minimum Gasteiger partial charge on any atom is -0.376 e. The van der Waals surface area contributed by atoms with Crippen LogP contribution in [0.25, 0.3) is 0 Å². The molecule has 1 saturated heterocycles. The molecule has 1 aliphatic heterocycles. The molecule has 2 N–H and O–H groups in total. The van der Waals surface area contributed by atoms with Crippen molar-refractivity contribution in [2.75, 3.05) is 33.8 Å². The Kier molecular flexibility index (Phi) is 2.65. The molecule has 1 rings (SSSR count). The smallest absolute Gasteiger partial charge is 0.0937 e. The first-order chi connectivity index (χ1) is 4.83. The Hall–Kier alpha value is -0.120. The lowest BCUT2D eigenvalue weighted by molar-refractivity contribution is 0.00964. The van der Waals surface area contributed by atoms with Crippen LogP contribution >= 0.6 is 0 Å². The second-order valence-corrected chi connectivity index (χ2v) is 2.84. The zero-order valence-corrected chi connectivity index (χ0v) is 6.74. The van der Waals surface area contributed by atoms with Crippen LogP contribution < -0.4 is 10.6 Å². The lowest BCUT2D eigenvalue weighted by Crippen LogP contribution is -2.43. The highest BCUT2D eigenvalue weighted by Crippen LogP contribution is 2.16. The summed E-state index contributed by atoms with van der Waals surface area (Å²) in [7, 11) is 3.74. The van der Waals surface area contributed by atoms with Gasteiger partial charge in [0.25, 0.3) is 0 Å². The summed E-state index contributed by atoms with van der Waals surface area (Å²) >= 11 is 0.